The van der Waals surface area contributed by atoms with Crippen LogP contribution in [0.3, 0.4) is 0 Å². The molecule has 1 aliphatic carbocycles. The van der Waals surface area contributed by atoms with Crippen LogP contribution in [0.2, 0.25) is 0 Å². The van der Waals surface area contributed by atoms with Gasteiger partial charge in [-0.05, 0) is 53.6 Å². The molecule has 0 amide bonds. The summed E-state index contributed by atoms with van der Waals surface area (Å²) in [4.78, 5) is 0. The van der Waals surface area contributed by atoms with E-state index >= 15 is 0 Å². The molecule has 0 heterocycles. The molecule has 0 aliphatic heterocycles. The number of benzene rings is 2. The van der Waals surface area contributed by atoms with E-state index in [2.05, 4.69) is 43.4 Å². The van der Waals surface area contributed by atoms with Crippen LogP contribution in [0.4, 0.5) is 5.69 Å². The zero-order valence-electron chi connectivity index (χ0n) is 12.1. The molecule has 2 nitrogen and oxygen atoms in total. The quantitative estimate of drug-likeness (QED) is 0.850. The number of anilines is 1. The molecule has 0 fully saturated rings. The molecule has 1 aliphatic rings. The van der Waals surface area contributed by atoms with Crippen LogP contribution in [0.25, 0.3) is 0 Å². The highest BCUT2D eigenvalue weighted by atomic mass is 16.3. The lowest BCUT2D eigenvalue weighted by molar-refractivity contribution is 0.474. The highest BCUT2D eigenvalue weighted by molar-refractivity contribution is 5.55. The Balaban J connectivity index is 1.88. The maximum absolute atomic E-state index is 9.57. The first-order valence-electron chi connectivity index (χ1n) is 7.32. The zero-order valence-corrected chi connectivity index (χ0v) is 12.1. The number of rotatable bonds is 3. The van der Waals surface area contributed by atoms with Gasteiger partial charge < -0.3 is 10.4 Å². The molecule has 0 saturated heterocycles. The summed E-state index contributed by atoms with van der Waals surface area (Å²) in [6.07, 6.45) is 2.12. The largest absolute Gasteiger partial charge is 0.508 e. The van der Waals surface area contributed by atoms with Crippen molar-refractivity contribution in [3.8, 4) is 5.75 Å². The summed E-state index contributed by atoms with van der Waals surface area (Å²) in [5.74, 6) is 0.881. The highest BCUT2D eigenvalue weighted by Crippen LogP contribution is 2.37. The topological polar surface area (TPSA) is 32.3 Å². The first-order chi connectivity index (χ1) is 9.65. The molecule has 2 aromatic carbocycles. The molecule has 20 heavy (non-hydrogen) atoms. The van der Waals surface area contributed by atoms with Crippen molar-refractivity contribution in [2.24, 2.45) is 0 Å². The average Bonchev–Trinajstić information content (AvgIpc) is 2.81. The van der Waals surface area contributed by atoms with E-state index in [0.29, 0.717) is 17.7 Å². The molecule has 0 radical (unpaired) electrons. The molecule has 0 aromatic heterocycles. The van der Waals surface area contributed by atoms with Gasteiger partial charge in [-0.3, -0.25) is 0 Å². The SMILES string of the molecule is CC(C)c1ccccc1NC1CCc2cc(O)ccc21. The Morgan fingerprint density at radius 3 is 2.75 bits per heavy atom. The average molecular weight is 267 g/mol. The summed E-state index contributed by atoms with van der Waals surface area (Å²) >= 11 is 0. The number of hydrogen-bond acceptors (Lipinski definition) is 2. The lowest BCUT2D eigenvalue weighted by atomic mass is 10.00. The third kappa shape index (κ3) is 2.38. The minimum absolute atomic E-state index is 0.352. The fraction of sp³-hybridized carbons (Fsp3) is 0.333. The summed E-state index contributed by atoms with van der Waals surface area (Å²) in [5.41, 5.74) is 5.18. The molecule has 3 rings (SSSR count). The van der Waals surface area contributed by atoms with Crippen molar-refractivity contribution >= 4 is 5.69 Å². The van der Waals surface area contributed by atoms with Crippen LogP contribution in [-0.2, 0) is 6.42 Å². The molecule has 104 valence electrons. The van der Waals surface area contributed by atoms with Crippen LogP contribution in [0.5, 0.6) is 5.75 Å². The molecule has 0 saturated carbocycles. The third-order valence-electron chi connectivity index (χ3n) is 4.12. The minimum Gasteiger partial charge on any atom is -0.508 e. The van der Waals surface area contributed by atoms with E-state index in [1.165, 1.54) is 22.4 Å². The lowest BCUT2D eigenvalue weighted by Gasteiger charge is -2.20. The van der Waals surface area contributed by atoms with Gasteiger partial charge in [-0.15, -0.1) is 0 Å². The van der Waals surface area contributed by atoms with Gasteiger partial charge in [-0.2, -0.15) is 0 Å². The molecular weight excluding hydrogens is 246 g/mol. The number of phenolic OH excluding ortho intramolecular Hbond substituents is 1. The second-order valence-corrected chi connectivity index (χ2v) is 5.86. The van der Waals surface area contributed by atoms with Gasteiger partial charge in [0.15, 0.2) is 0 Å². The normalized spacial score (nSPS) is 17.2. The Morgan fingerprint density at radius 2 is 1.95 bits per heavy atom. The van der Waals surface area contributed by atoms with Crippen LogP contribution >= 0.6 is 0 Å². The number of nitrogens with one attached hydrogen (secondary N) is 1. The number of phenols is 1. The summed E-state index contributed by atoms with van der Waals surface area (Å²) < 4.78 is 0. The summed E-state index contributed by atoms with van der Waals surface area (Å²) in [5, 5.41) is 13.3. The molecule has 2 aromatic rings. The van der Waals surface area contributed by atoms with Gasteiger partial charge >= 0.3 is 0 Å². The fourth-order valence-corrected chi connectivity index (χ4v) is 3.07. The lowest BCUT2D eigenvalue weighted by Crippen LogP contribution is -2.09. The smallest absolute Gasteiger partial charge is 0.115 e. The van der Waals surface area contributed by atoms with Crippen molar-refractivity contribution in [2.45, 2.75) is 38.6 Å². The van der Waals surface area contributed by atoms with E-state index in [9.17, 15) is 5.11 Å². The van der Waals surface area contributed by atoms with Gasteiger partial charge in [0.2, 0.25) is 0 Å². The van der Waals surface area contributed by atoms with Crippen molar-refractivity contribution in [3.63, 3.8) is 0 Å². The van der Waals surface area contributed by atoms with E-state index in [4.69, 9.17) is 0 Å². The second kappa shape index (κ2) is 5.20. The van der Waals surface area contributed by atoms with E-state index in [0.717, 1.165) is 12.8 Å². The highest BCUT2D eigenvalue weighted by Gasteiger charge is 2.23. The van der Waals surface area contributed by atoms with Gasteiger partial charge in [0.25, 0.3) is 0 Å². The summed E-state index contributed by atoms with van der Waals surface area (Å²) in [6.45, 7) is 4.45. The zero-order chi connectivity index (χ0) is 14.1. The van der Waals surface area contributed by atoms with Gasteiger partial charge in [0.1, 0.15) is 5.75 Å². The van der Waals surface area contributed by atoms with Crippen molar-refractivity contribution in [2.75, 3.05) is 5.32 Å². The van der Waals surface area contributed by atoms with Gasteiger partial charge in [-0.1, -0.05) is 38.1 Å². The van der Waals surface area contributed by atoms with Crippen molar-refractivity contribution in [1.29, 1.82) is 0 Å². The predicted molar refractivity (Wildman–Crippen MR) is 83.3 cm³/mol. The number of fused-ring (bicyclic) bond motifs is 1. The summed E-state index contributed by atoms with van der Waals surface area (Å²) in [6, 6.07) is 14.6. The Labute approximate surface area is 120 Å². The van der Waals surface area contributed by atoms with Crippen LogP contribution < -0.4 is 5.32 Å². The Morgan fingerprint density at radius 1 is 1.15 bits per heavy atom. The predicted octanol–water partition coefficient (Wildman–Crippen LogP) is 4.62. The maximum atomic E-state index is 9.57. The molecule has 2 heteroatoms. The Kier molecular flexibility index (Phi) is 3.39. The van der Waals surface area contributed by atoms with Crippen molar-refractivity contribution < 1.29 is 5.11 Å². The maximum Gasteiger partial charge on any atom is 0.115 e. The Hall–Kier alpha value is -1.96. The van der Waals surface area contributed by atoms with E-state index in [1.54, 1.807) is 6.07 Å². The number of para-hydroxylation sites is 1. The molecule has 1 atom stereocenters. The Bertz CT molecular complexity index is 619. The van der Waals surface area contributed by atoms with Crippen molar-refractivity contribution in [1.82, 2.24) is 0 Å². The standard InChI is InChI=1S/C18H21NO/c1-12(2)15-5-3-4-6-17(15)19-18-10-7-13-11-14(20)8-9-16(13)18/h3-6,8-9,11-12,18-20H,7,10H2,1-2H3. The van der Waals surface area contributed by atoms with E-state index in [-0.39, 0.29) is 0 Å². The van der Waals surface area contributed by atoms with Crippen LogP contribution in [-0.4, -0.2) is 5.11 Å². The van der Waals surface area contributed by atoms with Crippen LogP contribution in [0.15, 0.2) is 42.5 Å². The molecule has 0 spiro atoms. The number of aromatic hydroxyl groups is 1. The molecule has 0 bridgehead atoms. The van der Waals surface area contributed by atoms with Crippen LogP contribution in [0.1, 0.15) is 48.9 Å². The summed E-state index contributed by atoms with van der Waals surface area (Å²) in [7, 11) is 0. The van der Waals surface area contributed by atoms with Gasteiger partial charge in [0, 0.05) is 5.69 Å². The fourth-order valence-electron chi connectivity index (χ4n) is 3.07. The van der Waals surface area contributed by atoms with E-state index < -0.39 is 0 Å². The minimum atomic E-state index is 0.352. The molecular formula is C18H21NO. The van der Waals surface area contributed by atoms with Crippen molar-refractivity contribution in [3.05, 3.63) is 59.2 Å². The number of aryl methyl sites for hydroxylation is 1. The van der Waals surface area contributed by atoms with Crippen LogP contribution in [0, 0.1) is 0 Å². The number of hydrogen-bond donors (Lipinski definition) is 2. The molecule has 1 unspecified atom stereocenters. The van der Waals surface area contributed by atoms with Gasteiger partial charge in [0.05, 0.1) is 6.04 Å². The van der Waals surface area contributed by atoms with Gasteiger partial charge in [-0.25, -0.2) is 0 Å². The monoisotopic (exact) mass is 267 g/mol. The first-order valence-corrected chi connectivity index (χ1v) is 7.32. The second-order valence-electron chi connectivity index (χ2n) is 5.86. The first kappa shape index (κ1) is 13.0. The molecule has 2 N–H and O–H groups in total. The third-order valence-corrected chi connectivity index (χ3v) is 4.12. The van der Waals surface area contributed by atoms with E-state index in [1.807, 2.05) is 12.1 Å².